The largest absolute Gasteiger partial charge is 0.383 e. The van der Waals surface area contributed by atoms with Crippen molar-refractivity contribution in [2.45, 2.75) is 32.2 Å². The second-order valence-electron chi connectivity index (χ2n) is 6.77. The maximum absolute atomic E-state index is 5.11. The van der Waals surface area contributed by atoms with Gasteiger partial charge in [-0.2, -0.15) is 0 Å². The van der Waals surface area contributed by atoms with Crippen molar-refractivity contribution in [1.29, 1.82) is 0 Å². The van der Waals surface area contributed by atoms with E-state index in [0.717, 1.165) is 71.1 Å². The van der Waals surface area contributed by atoms with E-state index < -0.39 is 0 Å². The highest BCUT2D eigenvalue weighted by atomic mass is 32.1. The van der Waals surface area contributed by atoms with Gasteiger partial charge in [-0.3, -0.25) is 4.99 Å². The van der Waals surface area contributed by atoms with Crippen LogP contribution in [0.2, 0.25) is 0 Å². The second-order valence-corrected chi connectivity index (χ2v) is 7.69. The Balaban J connectivity index is 1.70. The summed E-state index contributed by atoms with van der Waals surface area (Å²) < 4.78 is 5.11. The number of nitrogens with one attached hydrogen (secondary N) is 2. The molecule has 0 radical (unpaired) electrons. The number of hydrogen-bond acceptors (Lipinski definition) is 5. The first-order valence-electron chi connectivity index (χ1n) is 9.73. The Bertz CT molecular complexity index is 500. The Morgan fingerprint density at radius 3 is 2.85 bits per heavy atom. The normalized spacial score (nSPS) is 16.3. The number of nitrogens with zero attached hydrogens (tertiary/aromatic N) is 3. The molecular formula is C19H35N5OS. The van der Waals surface area contributed by atoms with E-state index in [1.807, 2.05) is 11.3 Å². The van der Waals surface area contributed by atoms with Crippen LogP contribution in [0.25, 0.3) is 0 Å². The monoisotopic (exact) mass is 381 g/mol. The van der Waals surface area contributed by atoms with Crippen LogP contribution in [0.1, 0.15) is 26.2 Å². The maximum atomic E-state index is 5.11. The summed E-state index contributed by atoms with van der Waals surface area (Å²) >= 11 is 1.83. The standard InChI is InChI=1S/C19H35N5OS/c1-4-20-19(21-10-6-11-23(2)14-15-25-3)22-17-8-12-24(13-9-17)18-7-5-16-26-18/h5,7,16-17H,4,6,8-15H2,1-3H3,(H2,20,21,22). The summed E-state index contributed by atoms with van der Waals surface area (Å²) in [7, 11) is 3.88. The van der Waals surface area contributed by atoms with E-state index >= 15 is 0 Å². The van der Waals surface area contributed by atoms with Crippen molar-refractivity contribution in [2.24, 2.45) is 4.99 Å². The Labute approximate surface area is 162 Å². The molecule has 0 aromatic carbocycles. The SMILES string of the molecule is CCNC(=NCCCN(C)CCOC)NC1CCN(c2cccs2)CC1. The Morgan fingerprint density at radius 2 is 2.19 bits per heavy atom. The van der Waals surface area contributed by atoms with E-state index in [0.29, 0.717) is 6.04 Å². The third-order valence-electron chi connectivity index (χ3n) is 4.64. The smallest absolute Gasteiger partial charge is 0.191 e. The van der Waals surface area contributed by atoms with Crippen molar-refractivity contribution in [3.63, 3.8) is 0 Å². The molecule has 148 valence electrons. The van der Waals surface area contributed by atoms with E-state index in [1.54, 1.807) is 7.11 Å². The summed E-state index contributed by atoms with van der Waals surface area (Å²) in [6.07, 6.45) is 3.37. The van der Waals surface area contributed by atoms with Crippen molar-refractivity contribution >= 4 is 22.3 Å². The van der Waals surface area contributed by atoms with Gasteiger partial charge < -0.3 is 25.2 Å². The number of guanidine groups is 1. The third kappa shape index (κ3) is 7.51. The van der Waals surface area contributed by atoms with Crippen LogP contribution in [0.4, 0.5) is 5.00 Å². The number of ether oxygens (including phenoxy) is 1. The van der Waals surface area contributed by atoms with Gasteiger partial charge in [0.05, 0.1) is 11.6 Å². The van der Waals surface area contributed by atoms with E-state index in [9.17, 15) is 0 Å². The Morgan fingerprint density at radius 1 is 1.38 bits per heavy atom. The zero-order chi connectivity index (χ0) is 18.6. The van der Waals surface area contributed by atoms with Crippen LogP contribution in [-0.4, -0.2) is 76.9 Å². The van der Waals surface area contributed by atoms with Gasteiger partial charge in [-0.25, -0.2) is 0 Å². The highest BCUT2D eigenvalue weighted by Gasteiger charge is 2.20. The van der Waals surface area contributed by atoms with Gasteiger partial charge in [-0.1, -0.05) is 0 Å². The molecule has 0 unspecified atom stereocenters. The van der Waals surface area contributed by atoms with Gasteiger partial charge in [0.1, 0.15) is 0 Å². The van der Waals surface area contributed by atoms with E-state index in [-0.39, 0.29) is 0 Å². The molecule has 6 nitrogen and oxygen atoms in total. The molecule has 1 aromatic heterocycles. The van der Waals surface area contributed by atoms with Crippen molar-refractivity contribution in [1.82, 2.24) is 15.5 Å². The quantitative estimate of drug-likeness (QED) is 0.370. The lowest BCUT2D eigenvalue weighted by Gasteiger charge is -2.33. The van der Waals surface area contributed by atoms with E-state index in [2.05, 4.69) is 51.9 Å². The van der Waals surface area contributed by atoms with Crippen LogP contribution < -0.4 is 15.5 Å². The molecule has 0 atom stereocenters. The van der Waals surface area contributed by atoms with Crippen LogP contribution in [0.3, 0.4) is 0 Å². The molecule has 1 aliphatic heterocycles. The number of methoxy groups -OCH3 is 1. The fourth-order valence-electron chi connectivity index (χ4n) is 3.10. The fraction of sp³-hybridized carbons (Fsp3) is 0.737. The molecule has 1 saturated heterocycles. The molecule has 0 aliphatic carbocycles. The average Bonchev–Trinajstić information content (AvgIpc) is 3.19. The summed E-state index contributed by atoms with van der Waals surface area (Å²) in [5.41, 5.74) is 0. The van der Waals surface area contributed by atoms with E-state index in [4.69, 9.17) is 9.73 Å². The molecule has 7 heteroatoms. The summed E-state index contributed by atoms with van der Waals surface area (Å²) in [5.74, 6) is 0.960. The first-order chi connectivity index (χ1) is 12.7. The molecule has 26 heavy (non-hydrogen) atoms. The fourth-order valence-corrected chi connectivity index (χ4v) is 3.88. The van der Waals surface area contributed by atoms with Gasteiger partial charge in [-0.05, 0) is 57.3 Å². The van der Waals surface area contributed by atoms with Gasteiger partial charge in [0.15, 0.2) is 5.96 Å². The van der Waals surface area contributed by atoms with Crippen molar-refractivity contribution in [3.8, 4) is 0 Å². The summed E-state index contributed by atoms with van der Waals surface area (Å²) in [4.78, 5) is 9.53. The molecule has 0 saturated carbocycles. The first-order valence-corrected chi connectivity index (χ1v) is 10.6. The van der Waals surface area contributed by atoms with Crippen LogP contribution in [-0.2, 0) is 4.74 Å². The number of piperidine rings is 1. The minimum Gasteiger partial charge on any atom is -0.383 e. The molecule has 0 amide bonds. The van der Waals surface area contributed by atoms with Gasteiger partial charge in [0, 0.05) is 45.9 Å². The van der Waals surface area contributed by atoms with Crippen LogP contribution >= 0.6 is 11.3 Å². The first kappa shape index (κ1) is 21.0. The summed E-state index contributed by atoms with van der Waals surface area (Å²) in [5, 5.41) is 10.6. The van der Waals surface area contributed by atoms with Crippen LogP contribution in [0, 0.1) is 0 Å². The van der Waals surface area contributed by atoms with Crippen LogP contribution in [0.15, 0.2) is 22.5 Å². The summed E-state index contributed by atoms with van der Waals surface area (Å²) in [6, 6.07) is 4.86. The zero-order valence-electron chi connectivity index (χ0n) is 16.5. The highest BCUT2D eigenvalue weighted by Crippen LogP contribution is 2.24. The molecule has 1 aromatic rings. The minimum absolute atomic E-state index is 0.508. The van der Waals surface area contributed by atoms with Crippen molar-refractivity contribution in [2.75, 3.05) is 64.9 Å². The Hall–Kier alpha value is -1.31. The van der Waals surface area contributed by atoms with Gasteiger partial charge in [0.25, 0.3) is 0 Å². The lowest BCUT2D eigenvalue weighted by molar-refractivity contribution is 0.161. The minimum atomic E-state index is 0.508. The maximum Gasteiger partial charge on any atom is 0.191 e. The molecular weight excluding hydrogens is 346 g/mol. The third-order valence-corrected chi connectivity index (χ3v) is 5.57. The average molecular weight is 382 g/mol. The van der Waals surface area contributed by atoms with Crippen molar-refractivity contribution in [3.05, 3.63) is 17.5 Å². The molecule has 2 heterocycles. The number of aliphatic imine (C=N–C) groups is 1. The highest BCUT2D eigenvalue weighted by molar-refractivity contribution is 7.14. The zero-order valence-corrected chi connectivity index (χ0v) is 17.4. The lowest BCUT2D eigenvalue weighted by atomic mass is 10.1. The second kappa shape index (κ2) is 12.1. The van der Waals surface area contributed by atoms with Crippen LogP contribution in [0.5, 0.6) is 0 Å². The molecule has 0 spiro atoms. The molecule has 1 fully saturated rings. The number of likely N-dealkylation sites (N-methyl/N-ethyl adjacent to an activating group) is 1. The molecule has 1 aliphatic rings. The topological polar surface area (TPSA) is 52.1 Å². The predicted molar refractivity (Wildman–Crippen MR) is 113 cm³/mol. The number of rotatable bonds is 10. The van der Waals surface area contributed by atoms with E-state index in [1.165, 1.54) is 5.00 Å². The molecule has 2 rings (SSSR count). The Kier molecular flexibility index (Phi) is 9.81. The number of thiophene rings is 1. The lowest BCUT2D eigenvalue weighted by Crippen LogP contribution is -2.48. The molecule has 2 N–H and O–H groups in total. The predicted octanol–water partition coefficient (Wildman–Crippen LogP) is 2.24. The number of anilines is 1. The number of hydrogen-bond donors (Lipinski definition) is 2. The van der Waals surface area contributed by atoms with Gasteiger partial charge in [-0.15, -0.1) is 11.3 Å². The summed E-state index contributed by atoms with van der Waals surface area (Å²) in [6.45, 7) is 8.90. The van der Waals surface area contributed by atoms with Gasteiger partial charge in [0.2, 0.25) is 0 Å². The van der Waals surface area contributed by atoms with Gasteiger partial charge >= 0.3 is 0 Å². The van der Waals surface area contributed by atoms with Crippen molar-refractivity contribution < 1.29 is 4.74 Å². The molecule has 0 bridgehead atoms.